The fourth-order valence-electron chi connectivity index (χ4n) is 1.96. The second-order valence-corrected chi connectivity index (χ2v) is 6.18. The number of nitrogens with zero attached hydrogens (tertiary/aromatic N) is 3. The van der Waals surface area contributed by atoms with E-state index >= 15 is 0 Å². The van der Waals surface area contributed by atoms with Crippen molar-refractivity contribution >= 4 is 37.2 Å². The molecular weight excluding hydrogens is 342 g/mol. The van der Waals surface area contributed by atoms with Gasteiger partial charge < -0.3 is 9.14 Å². The summed E-state index contributed by atoms with van der Waals surface area (Å²) in [5.41, 5.74) is 3.01. The van der Waals surface area contributed by atoms with Crippen LogP contribution in [-0.2, 0) is 11.4 Å². The van der Waals surface area contributed by atoms with Gasteiger partial charge in [0.1, 0.15) is 6.61 Å². The normalized spacial score (nSPS) is 10.0. The standard InChI is InChI=1S/C15H14N2O.C2H5NOS2/c1-12-10-17-9-5-8-14(15(17)16-12)18-11-13-6-3-2-4-7-13;1-2(4)3(5)6/h2-10H,11H2,1H3;5-6H,1H3. The van der Waals surface area contributed by atoms with Crippen LogP contribution < -0.4 is 4.74 Å². The van der Waals surface area contributed by atoms with Crippen molar-refractivity contribution in [2.45, 2.75) is 20.5 Å². The van der Waals surface area contributed by atoms with Gasteiger partial charge in [0.25, 0.3) is 0 Å². The summed E-state index contributed by atoms with van der Waals surface area (Å²) < 4.78 is 8.73. The zero-order valence-corrected chi connectivity index (χ0v) is 15.2. The van der Waals surface area contributed by atoms with Crippen molar-refractivity contribution in [2.75, 3.05) is 0 Å². The van der Waals surface area contributed by atoms with Gasteiger partial charge in [-0.1, -0.05) is 56.0 Å². The van der Waals surface area contributed by atoms with Gasteiger partial charge in [-0.3, -0.25) is 4.79 Å². The van der Waals surface area contributed by atoms with E-state index < -0.39 is 0 Å². The molecule has 0 bridgehead atoms. The SMILES string of the molecule is CC(=O)N(S)S.Cc1cn2cccc(OCc3ccccc3)c2n1. The summed E-state index contributed by atoms with van der Waals surface area (Å²) in [4.78, 5) is 14.4. The fourth-order valence-corrected chi connectivity index (χ4v) is 1.96. The number of hydrogen-bond donors (Lipinski definition) is 2. The van der Waals surface area contributed by atoms with Gasteiger partial charge in [0, 0.05) is 19.3 Å². The number of fused-ring (bicyclic) bond motifs is 1. The highest BCUT2D eigenvalue weighted by atomic mass is 32.2. The van der Waals surface area contributed by atoms with E-state index in [2.05, 4.69) is 42.7 Å². The minimum atomic E-state index is -0.179. The van der Waals surface area contributed by atoms with E-state index in [1.54, 1.807) is 0 Å². The Balaban J connectivity index is 0.000000301. The summed E-state index contributed by atoms with van der Waals surface area (Å²) in [5.74, 6) is 0.635. The molecule has 0 saturated carbocycles. The summed E-state index contributed by atoms with van der Waals surface area (Å²) in [6, 6.07) is 14.0. The Kier molecular flexibility index (Phi) is 6.57. The van der Waals surface area contributed by atoms with Crippen molar-refractivity contribution in [3.63, 3.8) is 0 Å². The van der Waals surface area contributed by atoms with Gasteiger partial charge in [-0.05, 0) is 24.6 Å². The molecule has 2 heterocycles. The number of benzene rings is 1. The highest BCUT2D eigenvalue weighted by Crippen LogP contribution is 2.19. The lowest BCUT2D eigenvalue weighted by Crippen LogP contribution is -2.03. The van der Waals surface area contributed by atoms with Gasteiger partial charge in [0.2, 0.25) is 5.91 Å². The Hall–Kier alpha value is -2.12. The van der Waals surface area contributed by atoms with Crippen molar-refractivity contribution in [1.82, 2.24) is 13.1 Å². The van der Waals surface area contributed by atoms with Gasteiger partial charge >= 0.3 is 0 Å². The quantitative estimate of drug-likeness (QED) is 0.699. The first-order chi connectivity index (χ1) is 11.5. The molecule has 3 aromatic rings. The van der Waals surface area contributed by atoms with Crippen LogP contribution in [0.2, 0.25) is 0 Å². The molecule has 3 rings (SSSR count). The van der Waals surface area contributed by atoms with E-state index in [0.717, 1.165) is 26.4 Å². The molecule has 0 radical (unpaired) electrons. The molecule has 0 saturated heterocycles. The number of amides is 1. The minimum Gasteiger partial charge on any atom is -0.485 e. The summed E-state index contributed by atoms with van der Waals surface area (Å²) in [6.45, 7) is 3.92. The largest absolute Gasteiger partial charge is 0.485 e. The van der Waals surface area contributed by atoms with Crippen LogP contribution in [0.4, 0.5) is 0 Å². The van der Waals surface area contributed by atoms with Crippen LogP contribution in [0.1, 0.15) is 18.2 Å². The van der Waals surface area contributed by atoms with Crippen LogP contribution in [-0.4, -0.2) is 19.0 Å². The number of imidazole rings is 1. The second kappa shape index (κ2) is 8.65. The van der Waals surface area contributed by atoms with Crippen molar-refractivity contribution in [3.8, 4) is 5.75 Å². The molecule has 0 aliphatic heterocycles. The van der Waals surface area contributed by atoms with Crippen molar-refractivity contribution < 1.29 is 9.53 Å². The molecule has 1 amide bonds. The molecule has 126 valence electrons. The first-order valence-electron chi connectivity index (χ1n) is 7.27. The van der Waals surface area contributed by atoms with E-state index in [0.29, 0.717) is 6.61 Å². The van der Waals surface area contributed by atoms with Crippen LogP contribution in [0.3, 0.4) is 0 Å². The molecule has 2 aromatic heterocycles. The monoisotopic (exact) mass is 361 g/mol. The molecule has 0 unspecified atom stereocenters. The predicted octanol–water partition coefficient (Wildman–Crippen LogP) is 3.75. The maximum absolute atomic E-state index is 9.92. The molecule has 0 atom stereocenters. The number of thiol groups is 2. The number of carbonyl (C=O) groups excluding carboxylic acids is 1. The lowest BCUT2D eigenvalue weighted by atomic mass is 10.2. The molecule has 1 aromatic carbocycles. The molecule has 0 aliphatic carbocycles. The third kappa shape index (κ3) is 5.21. The second-order valence-electron chi connectivity index (χ2n) is 5.07. The summed E-state index contributed by atoms with van der Waals surface area (Å²) >= 11 is 7.08. The first-order valence-corrected chi connectivity index (χ1v) is 8.07. The summed E-state index contributed by atoms with van der Waals surface area (Å²) in [5, 5.41) is 0. The topological polar surface area (TPSA) is 46.8 Å². The molecule has 0 aliphatic rings. The fraction of sp³-hybridized carbons (Fsp3) is 0.176. The number of hydrogen-bond acceptors (Lipinski definition) is 5. The lowest BCUT2D eigenvalue weighted by Gasteiger charge is -2.07. The Bertz CT molecular complexity index is 804. The van der Waals surface area contributed by atoms with Crippen LogP contribution in [0.25, 0.3) is 5.65 Å². The average Bonchev–Trinajstić information content (AvgIpc) is 2.95. The smallest absolute Gasteiger partial charge is 0.239 e. The maximum atomic E-state index is 9.92. The average molecular weight is 361 g/mol. The summed E-state index contributed by atoms with van der Waals surface area (Å²) in [7, 11) is 0. The van der Waals surface area contributed by atoms with Crippen LogP contribution in [0.15, 0.2) is 54.9 Å². The zero-order valence-electron chi connectivity index (χ0n) is 13.5. The van der Waals surface area contributed by atoms with Crippen molar-refractivity contribution in [2.24, 2.45) is 0 Å². The predicted molar refractivity (Wildman–Crippen MR) is 101 cm³/mol. The van der Waals surface area contributed by atoms with Crippen molar-refractivity contribution in [1.29, 1.82) is 0 Å². The number of carbonyl (C=O) groups is 1. The van der Waals surface area contributed by atoms with Gasteiger partial charge in [-0.25, -0.2) is 8.69 Å². The molecule has 5 nitrogen and oxygen atoms in total. The third-order valence-electron chi connectivity index (χ3n) is 3.09. The Morgan fingerprint density at radius 2 is 1.88 bits per heavy atom. The van der Waals surface area contributed by atoms with Crippen molar-refractivity contribution in [3.05, 3.63) is 66.1 Å². The Morgan fingerprint density at radius 3 is 2.50 bits per heavy atom. The molecule has 0 fully saturated rings. The summed E-state index contributed by atoms with van der Waals surface area (Å²) in [6.07, 6.45) is 3.97. The lowest BCUT2D eigenvalue weighted by molar-refractivity contribution is -0.120. The number of rotatable bonds is 3. The number of aryl methyl sites for hydroxylation is 1. The van der Waals surface area contributed by atoms with E-state index in [-0.39, 0.29) is 5.91 Å². The van der Waals surface area contributed by atoms with Crippen LogP contribution in [0, 0.1) is 6.92 Å². The molecule has 7 heteroatoms. The maximum Gasteiger partial charge on any atom is 0.239 e. The minimum absolute atomic E-state index is 0.179. The van der Waals surface area contributed by atoms with Gasteiger partial charge in [-0.2, -0.15) is 0 Å². The molecule has 24 heavy (non-hydrogen) atoms. The Morgan fingerprint density at radius 1 is 1.21 bits per heavy atom. The molecule has 0 spiro atoms. The van der Waals surface area contributed by atoms with E-state index in [9.17, 15) is 4.79 Å². The van der Waals surface area contributed by atoms with Crippen LogP contribution in [0.5, 0.6) is 5.75 Å². The highest BCUT2D eigenvalue weighted by Gasteiger charge is 2.05. The third-order valence-corrected chi connectivity index (χ3v) is 3.65. The number of pyridine rings is 1. The van der Waals surface area contributed by atoms with E-state index in [1.807, 2.05) is 54.0 Å². The number of ether oxygens (including phenoxy) is 1. The van der Waals surface area contributed by atoms with Crippen LogP contribution >= 0.6 is 25.6 Å². The Labute approximate surface area is 152 Å². The van der Waals surface area contributed by atoms with Gasteiger partial charge in [0.05, 0.1) is 5.69 Å². The van der Waals surface area contributed by atoms with Gasteiger partial charge in [-0.15, -0.1) is 0 Å². The van der Waals surface area contributed by atoms with E-state index in [4.69, 9.17) is 4.74 Å². The van der Waals surface area contributed by atoms with E-state index in [1.165, 1.54) is 6.92 Å². The van der Waals surface area contributed by atoms with Gasteiger partial charge in [0.15, 0.2) is 11.4 Å². The highest BCUT2D eigenvalue weighted by molar-refractivity contribution is 7.94. The first kappa shape index (κ1) is 18.2. The molecular formula is C17H19N3O2S2. The number of aromatic nitrogens is 2. The molecule has 0 N–H and O–H groups in total. The zero-order chi connectivity index (χ0) is 17.5.